The topological polar surface area (TPSA) is 173 Å². The zero-order valence-electron chi connectivity index (χ0n) is 19.7. The number of carboxylic acids is 1. The van der Waals surface area contributed by atoms with E-state index in [4.69, 9.17) is 5.53 Å². The van der Waals surface area contributed by atoms with Crippen LogP contribution in [-0.4, -0.2) is 65.0 Å². The summed E-state index contributed by atoms with van der Waals surface area (Å²) in [4.78, 5) is 52.3. The van der Waals surface area contributed by atoms with Crippen LogP contribution in [0.2, 0.25) is 0 Å². The molecule has 0 aliphatic rings. The van der Waals surface area contributed by atoms with E-state index < -0.39 is 47.9 Å². The highest BCUT2D eigenvalue weighted by Crippen LogP contribution is 2.08. The first kappa shape index (κ1) is 28.8. The molecule has 0 aliphatic carbocycles. The molecule has 0 heterocycles. The van der Waals surface area contributed by atoms with E-state index in [0.29, 0.717) is 12.2 Å². The van der Waals surface area contributed by atoms with Gasteiger partial charge in [0, 0.05) is 11.3 Å². The Kier molecular flexibility index (Phi) is 12.5. The van der Waals surface area contributed by atoms with Gasteiger partial charge in [0.25, 0.3) is 0 Å². The van der Waals surface area contributed by atoms with Crippen LogP contribution in [0.5, 0.6) is 0 Å². The van der Waals surface area contributed by atoms with Crippen LogP contribution in [0.25, 0.3) is 10.4 Å². The monoisotopic (exact) mass is 492 g/mol. The first-order valence-electron chi connectivity index (χ1n) is 10.8. The number of benzene rings is 1. The number of thioether (sulfide) groups is 1. The van der Waals surface area contributed by atoms with Crippen LogP contribution in [0.1, 0.15) is 32.8 Å². The van der Waals surface area contributed by atoms with Gasteiger partial charge in [0.15, 0.2) is 0 Å². The van der Waals surface area contributed by atoms with E-state index in [0.717, 1.165) is 5.56 Å². The number of azide groups is 1. The molecule has 0 saturated heterocycles. The van der Waals surface area contributed by atoms with E-state index in [9.17, 15) is 24.3 Å². The van der Waals surface area contributed by atoms with Gasteiger partial charge in [0.05, 0.1) is 0 Å². The highest BCUT2D eigenvalue weighted by Gasteiger charge is 2.30. The number of carboxylic acid groups (broad SMARTS) is 1. The molecule has 1 rings (SSSR count). The molecule has 3 amide bonds. The van der Waals surface area contributed by atoms with Crippen LogP contribution in [0, 0.1) is 5.92 Å². The largest absolute Gasteiger partial charge is 0.480 e. The number of amides is 3. The van der Waals surface area contributed by atoms with Crippen molar-refractivity contribution in [2.75, 3.05) is 12.0 Å². The van der Waals surface area contributed by atoms with Crippen molar-refractivity contribution in [1.82, 2.24) is 16.0 Å². The molecule has 0 unspecified atom stereocenters. The lowest BCUT2D eigenvalue weighted by Crippen LogP contribution is -2.57. The summed E-state index contributed by atoms with van der Waals surface area (Å²) in [6, 6.07) is 4.72. The van der Waals surface area contributed by atoms with Gasteiger partial charge in [0.2, 0.25) is 17.7 Å². The van der Waals surface area contributed by atoms with Gasteiger partial charge in [-0.3, -0.25) is 14.4 Å². The molecule has 4 atom stereocenters. The van der Waals surface area contributed by atoms with Gasteiger partial charge in [-0.2, -0.15) is 11.8 Å². The van der Waals surface area contributed by atoms with Crippen LogP contribution < -0.4 is 16.0 Å². The van der Waals surface area contributed by atoms with Crippen LogP contribution in [-0.2, 0) is 25.6 Å². The Hall–Kier alpha value is -3.24. The van der Waals surface area contributed by atoms with Crippen LogP contribution in [0.4, 0.5) is 0 Å². The second-order valence-corrected chi connectivity index (χ2v) is 9.04. The third kappa shape index (κ3) is 9.72. The van der Waals surface area contributed by atoms with Gasteiger partial charge >= 0.3 is 5.97 Å². The van der Waals surface area contributed by atoms with Crippen molar-refractivity contribution in [2.45, 2.75) is 57.8 Å². The minimum absolute atomic E-state index is 0.0873. The number of nitrogens with zero attached hydrogens (tertiary/aromatic N) is 3. The normalized spacial score (nSPS) is 14.1. The smallest absolute Gasteiger partial charge is 0.326 e. The van der Waals surface area contributed by atoms with E-state index in [1.807, 2.05) is 6.26 Å². The van der Waals surface area contributed by atoms with Gasteiger partial charge in [-0.1, -0.05) is 49.3 Å². The summed E-state index contributed by atoms with van der Waals surface area (Å²) >= 11 is 1.49. The highest BCUT2D eigenvalue weighted by molar-refractivity contribution is 7.98. The zero-order valence-corrected chi connectivity index (χ0v) is 20.5. The van der Waals surface area contributed by atoms with Crippen molar-refractivity contribution in [1.29, 1.82) is 0 Å². The zero-order chi connectivity index (χ0) is 25.7. The van der Waals surface area contributed by atoms with E-state index in [2.05, 4.69) is 26.0 Å². The average Bonchev–Trinajstić information content (AvgIpc) is 2.79. The van der Waals surface area contributed by atoms with Crippen molar-refractivity contribution in [3.05, 3.63) is 46.3 Å². The lowest BCUT2D eigenvalue weighted by atomic mass is 10.0. The average molecular weight is 493 g/mol. The summed E-state index contributed by atoms with van der Waals surface area (Å²) in [6.45, 7) is 4.86. The number of aliphatic carboxylic acids is 1. The standard InChI is InChI=1S/C22H32N6O5S/c1-13(2)18(21(31)25-17(22(32)33)12-15-8-6-5-7-9-15)26-19(29)14(3)24-20(30)16(27-28-23)10-11-34-4/h5-9,13-14,16-18H,10-12H2,1-4H3,(H,24,30)(H,25,31)(H,26,29)(H,32,33)/t14-,16-,17-,18-/m0/s1. The van der Waals surface area contributed by atoms with Crippen molar-refractivity contribution in [2.24, 2.45) is 11.0 Å². The molecule has 34 heavy (non-hydrogen) atoms. The number of carbonyl (C=O) groups is 4. The maximum absolute atomic E-state index is 12.8. The van der Waals surface area contributed by atoms with Gasteiger partial charge in [-0.05, 0) is 42.4 Å². The number of hydrogen-bond donors (Lipinski definition) is 4. The maximum atomic E-state index is 12.8. The van der Waals surface area contributed by atoms with Crippen molar-refractivity contribution >= 4 is 35.5 Å². The van der Waals surface area contributed by atoms with E-state index in [-0.39, 0.29) is 12.3 Å². The van der Waals surface area contributed by atoms with Gasteiger partial charge in [-0.25, -0.2) is 4.79 Å². The third-order valence-corrected chi connectivity index (χ3v) is 5.63. The summed E-state index contributed by atoms with van der Waals surface area (Å²) in [5, 5.41) is 20.6. The SMILES string of the molecule is CSCC[C@H](N=[N+]=[N-])C(=O)N[C@@H](C)C(=O)N[C@H](C(=O)N[C@@H](Cc1ccccc1)C(=O)O)C(C)C. The Morgan fingerprint density at radius 3 is 2.21 bits per heavy atom. The van der Waals surface area contributed by atoms with Crippen LogP contribution >= 0.6 is 11.8 Å². The number of rotatable bonds is 14. The molecule has 0 aromatic heterocycles. The Morgan fingerprint density at radius 2 is 1.68 bits per heavy atom. The summed E-state index contributed by atoms with van der Waals surface area (Å²) in [7, 11) is 0. The van der Waals surface area contributed by atoms with Crippen LogP contribution in [0.3, 0.4) is 0 Å². The fourth-order valence-electron chi connectivity index (χ4n) is 3.03. The molecule has 186 valence electrons. The Balaban J connectivity index is 2.82. The second-order valence-electron chi connectivity index (χ2n) is 8.05. The molecular formula is C22H32N6O5S. The number of nitrogens with one attached hydrogen (secondary N) is 3. The third-order valence-electron chi connectivity index (χ3n) is 4.99. The predicted octanol–water partition coefficient (Wildman–Crippen LogP) is 1.88. The first-order valence-corrected chi connectivity index (χ1v) is 12.2. The lowest BCUT2D eigenvalue weighted by Gasteiger charge is -2.26. The van der Waals surface area contributed by atoms with Crippen molar-refractivity contribution in [3.8, 4) is 0 Å². The van der Waals surface area contributed by atoms with E-state index >= 15 is 0 Å². The molecule has 12 heteroatoms. The number of carbonyl (C=O) groups excluding carboxylic acids is 3. The quantitative estimate of drug-likeness (QED) is 0.175. The van der Waals surface area contributed by atoms with E-state index in [1.54, 1.807) is 44.2 Å². The maximum Gasteiger partial charge on any atom is 0.326 e. The first-order chi connectivity index (χ1) is 16.1. The predicted molar refractivity (Wildman–Crippen MR) is 130 cm³/mol. The Morgan fingerprint density at radius 1 is 1.03 bits per heavy atom. The Bertz CT molecular complexity index is 891. The molecule has 1 aromatic rings. The highest BCUT2D eigenvalue weighted by atomic mass is 32.2. The number of hydrogen-bond acceptors (Lipinski definition) is 6. The minimum Gasteiger partial charge on any atom is -0.480 e. The van der Waals surface area contributed by atoms with Crippen LogP contribution in [0.15, 0.2) is 35.4 Å². The molecule has 0 radical (unpaired) electrons. The van der Waals surface area contributed by atoms with Crippen molar-refractivity contribution in [3.63, 3.8) is 0 Å². The lowest BCUT2D eigenvalue weighted by molar-refractivity contribution is -0.142. The summed E-state index contributed by atoms with van der Waals surface area (Å²) in [5.74, 6) is -2.80. The van der Waals surface area contributed by atoms with Crippen molar-refractivity contribution < 1.29 is 24.3 Å². The van der Waals surface area contributed by atoms with Gasteiger partial charge < -0.3 is 21.1 Å². The molecule has 1 aromatic carbocycles. The van der Waals surface area contributed by atoms with Gasteiger partial charge in [-0.15, -0.1) is 0 Å². The summed E-state index contributed by atoms with van der Waals surface area (Å²) < 4.78 is 0. The molecule has 0 saturated carbocycles. The fourth-order valence-corrected chi connectivity index (χ4v) is 3.49. The fraction of sp³-hybridized carbons (Fsp3) is 0.545. The molecule has 0 fully saturated rings. The van der Waals surface area contributed by atoms with Gasteiger partial charge in [0.1, 0.15) is 24.2 Å². The molecule has 0 spiro atoms. The molecule has 0 aliphatic heterocycles. The molecule has 0 bridgehead atoms. The molecule has 4 N–H and O–H groups in total. The second kappa shape index (κ2) is 14.8. The summed E-state index contributed by atoms with van der Waals surface area (Å²) in [6.07, 6.45) is 2.26. The Labute approximate surface area is 203 Å². The molecule has 11 nitrogen and oxygen atoms in total. The molecular weight excluding hydrogens is 460 g/mol. The van der Waals surface area contributed by atoms with E-state index in [1.165, 1.54) is 18.7 Å². The minimum atomic E-state index is -1.19. The summed E-state index contributed by atoms with van der Waals surface area (Å²) in [5.41, 5.74) is 9.42.